The number of benzene rings is 3. The summed E-state index contributed by atoms with van der Waals surface area (Å²) in [6, 6.07) is 23.0. The molecule has 0 N–H and O–H groups in total. The smallest absolute Gasteiger partial charge is 0.313 e. The average molecular weight is 532 g/mol. The van der Waals surface area contributed by atoms with Gasteiger partial charge in [0.25, 0.3) is 0 Å². The van der Waals surface area contributed by atoms with Gasteiger partial charge in [-0.2, -0.15) is 0 Å². The number of esters is 2. The number of ether oxygens (including phenoxy) is 2. The van der Waals surface area contributed by atoms with Gasteiger partial charge in [-0.3, -0.25) is 9.59 Å². The quantitative estimate of drug-likeness (QED) is 0.208. The molecule has 0 saturated carbocycles. The van der Waals surface area contributed by atoms with Crippen LogP contribution in [0.3, 0.4) is 0 Å². The highest BCUT2D eigenvalue weighted by molar-refractivity contribution is 6.31. The number of hydrogen-bond acceptors (Lipinski definition) is 6. The lowest BCUT2D eigenvalue weighted by atomic mass is 9.96. The van der Waals surface area contributed by atoms with Crippen LogP contribution < -0.4 is 0 Å². The molecule has 0 spiro atoms. The summed E-state index contributed by atoms with van der Waals surface area (Å²) in [7, 11) is 0. The van der Waals surface area contributed by atoms with Crippen molar-refractivity contribution in [3.63, 3.8) is 0 Å². The lowest BCUT2D eigenvalue weighted by Gasteiger charge is -2.15. The van der Waals surface area contributed by atoms with Gasteiger partial charge in [0, 0.05) is 21.7 Å². The van der Waals surface area contributed by atoms with E-state index in [0.717, 1.165) is 27.8 Å². The van der Waals surface area contributed by atoms with E-state index >= 15 is 0 Å². The van der Waals surface area contributed by atoms with Gasteiger partial charge in [-0.25, -0.2) is 0 Å². The lowest BCUT2D eigenvalue weighted by molar-refractivity contribution is -0.148. The fourth-order valence-corrected chi connectivity index (χ4v) is 4.55. The van der Waals surface area contributed by atoms with Gasteiger partial charge in [0.1, 0.15) is 6.10 Å². The molecule has 6 nitrogen and oxygen atoms in total. The van der Waals surface area contributed by atoms with Crippen LogP contribution in [0.1, 0.15) is 55.2 Å². The molecular weight excluding hydrogens is 502 g/mol. The van der Waals surface area contributed by atoms with Crippen LogP contribution in [0.15, 0.2) is 77.3 Å². The van der Waals surface area contributed by atoms with Crippen molar-refractivity contribution in [3.8, 4) is 22.5 Å². The molecule has 7 heteroatoms. The standard InChI is InChI=1S/C31H30ClNO5/c1-5-36-31(35)19(2)22-10-12-23(13-11-22)24-14-16-25(17-15-24)30-27(20(3)33-38-30)18-29(34)37-21(4)26-8-6-7-9-28(26)32/h6-17,19,21H,5,18H2,1-4H3/t19?,21-/m1/s1. The molecule has 0 aliphatic carbocycles. The SMILES string of the molecule is CCOC(=O)C(C)c1ccc(-c2ccc(-c3onc(C)c3CC(=O)O[C@H](C)c3ccccc3Cl)cc2)cc1. The first-order chi connectivity index (χ1) is 18.3. The van der Waals surface area contributed by atoms with E-state index in [1.54, 1.807) is 26.8 Å². The van der Waals surface area contributed by atoms with Crippen molar-refractivity contribution in [1.29, 1.82) is 0 Å². The fourth-order valence-electron chi connectivity index (χ4n) is 4.26. The Bertz CT molecular complexity index is 1410. The van der Waals surface area contributed by atoms with Crippen molar-refractivity contribution in [3.05, 3.63) is 100 Å². The molecule has 2 atom stereocenters. The Morgan fingerprint density at radius 2 is 1.53 bits per heavy atom. The minimum absolute atomic E-state index is 0.0291. The zero-order valence-corrected chi connectivity index (χ0v) is 22.6. The largest absolute Gasteiger partial charge is 0.466 e. The molecule has 4 aromatic rings. The Kier molecular flexibility index (Phi) is 8.64. The maximum absolute atomic E-state index is 12.8. The van der Waals surface area contributed by atoms with Gasteiger partial charge in [-0.1, -0.05) is 83.5 Å². The Balaban J connectivity index is 1.47. The summed E-state index contributed by atoms with van der Waals surface area (Å²) in [5, 5.41) is 4.64. The molecule has 0 aliphatic rings. The van der Waals surface area contributed by atoms with E-state index in [2.05, 4.69) is 5.16 Å². The highest BCUT2D eigenvalue weighted by atomic mass is 35.5. The van der Waals surface area contributed by atoms with Crippen molar-refractivity contribution in [2.45, 2.75) is 46.1 Å². The number of hydrogen-bond donors (Lipinski definition) is 0. The molecule has 38 heavy (non-hydrogen) atoms. The summed E-state index contributed by atoms with van der Waals surface area (Å²) in [6.07, 6.45) is -0.452. The van der Waals surface area contributed by atoms with Crippen molar-refractivity contribution in [2.75, 3.05) is 6.61 Å². The molecule has 1 unspecified atom stereocenters. The van der Waals surface area contributed by atoms with E-state index in [1.165, 1.54) is 0 Å². The Morgan fingerprint density at radius 3 is 2.16 bits per heavy atom. The first-order valence-electron chi connectivity index (χ1n) is 12.5. The third kappa shape index (κ3) is 6.14. The minimum atomic E-state index is -0.481. The monoisotopic (exact) mass is 531 g/mol. The molecule has 0 saturated heterocycles. The second kappa shape index (κ2) is 12.1. The molecule has 0 amide bonds. The van der Waals surface area contributed by atoms with Gasteiger partial charge in [-0.05, 0) is 50.5 Å². The summed E-state index contributed by atoms with van der Waals surface area (Å²) in [5.41, 5.74) is 5.82. The molecular formula is C31H30ClNO5. The Morgan fingerprint density at radius 1 is 0.921 bits per heavy atom. The maximum Gasteiger partial charge on any atom is 0.313 e. The number of nitrogens with zero attached hydrogens (tertiary/aromatic N) is 1. The molecule has 1 heterocycles. The van der Waals surface area contributed by atoms with Crippen molar-refractivity contribution >= 4 is 23.5 Å². The minimum Gasteiger partial charge on any atom is -0.466 e. The van der Waals surface area contributed by atoms with Crippen LogP contribution in [0, 0.1) is 6.92 Å². The number of aromatic nitrogens is 1. The number of carbonyl (C=O) groups is 2. The topological polar surface area (TPSA) is 78.6 Å². The van der Waals surface area contributed by atoms with Crippen LogP contribution in [-0.4, -0.2) is 23.7 Å². The third-order valence-electron chi connectivity index (χ3n) is 6.49. The number of halogens is 1. The molecule has 0 bridgehead atoms. The van der Waals surface area contributed by atoms with Crippen LogP contribution >= 0.6 is 11.6 Å². The molecule has 0 fully saturated rings. The van der Waals surface area contributed by atoms with Crippen LogP contribution in [-0.2, 0) is 25.5 Å². The van der Waals surface area contributed by atoms with E-state index in [-0.39, 0.29) is 18.3 Å². The zero-order valence-electron chi connectivity index (χ0n) is 21.9. The van der Waals surface area contributed by atoms with Gasteiger partial charge in [0.2, 0.25) is 0 Å². The number of carbonyl (C=O) groups excluding carboxylic acids is 2. The average Bonchev–Trinajstić information content (AvgIpc) is 3.28. The van der Waals surface area contributed by atoms with Crippen LogP contribution in [0.2, 0.25) is 5.02 Å². The van der Waals surface area contributed by atoms with E-state index in [1.807, 2.05) is 73.7 Å². The first-order valence-corrected chi connectivity index (χ1v) is 12.9. The summed E-state index contributed by atoms with van der Waals surface area (Å²) < 4.78 is 16.4. The van der Waals surface area contributed by atoms with Crippen LogP contribution in [0.4, 0.5) is 0 Å². The van der Waals surface area contributed by atoms with Gasteiger partial charge in [0.15, 0.2) is 5.76 Å². The molecule has 3 aromatic carbocycles. The highest BCUT2D eigenvalue weighted by Crippen LogP contribution is 2.31. The van der Waals surface area contributed by atoms with Gasteiger partial charge >= 0.3 is 11.9 Å². The Hall–Kier alpha value is -3.90. The second-order valence-electron chi connectivity index (χ2n) is 9.08. The highest BCUT2D eigenvalue weighted by Gasteiger charge is 2.21. The number of aryl methyl sites for hydroxylation is 1. The van der Waals surface area contributed by atoms with E-state index in [0.29, 0.717) is 28.6 Å². The predicted molar refractivity (Wildman–Crippen MR) is 147 cm³/mol. The maximum atomic E-state index is 12.8. The van der Waals surface area contributed by atoms with Crippen molar-refractivity contribution in [2.24, 2.45) is 0 Å². The molecule has 0 aliphatic heterocycles. The first kappa shape index (κ1) is 27.1. The van der Waals surface area contributed by atoms with Gasteiger partial charge in [-0.15, -0.1) is 0 Å². The predicted octanol–water partition coefficient (Wildman–Crippen LogP) is 7.48. The number of rotatable bonds is 9. The molecule has 1 aromatic heterocycles. The lowest BCUT2D eigenvalue weighted by Crippen LogP contribution is -2.12. The summed E-state index contributed by atoms with van der Waals surface area (Å²) in [5.74, 6) is -0.405. The van der Waals surface area contributed by atoms with E-state index in [9.17, 15) is 9.59 Å². The summed E-state index contributed by atoms with van der Waals surface area (Å²) >= 11 is 6.24. The summed E-state index contributed by atoms with van der Waals surface area (Å²) in [4.78, 5) is 24.8. The van der Waals surface area contributed by atoms with Gasteiger partial charge < -0.3 is 14.0 Å². The van der Waals surface area contributed by atoms with E-state index < -0.39 is 12.1 Å². The Labute approximate surface area is 227 Å². The normalized spacial score (nSPS) is 12.6. The fraction of sp³-hybridized carbons (Fsp3) is 0.258. The van der Waals surface area contributed by atoms with Crippen LogP contribution in [0.5, 0.6) is 0 Å². The van der Waals surface area contributed by atoms with Crippen LogP contribution in [0.25, 0.3) is 22.5 Å². The molecule has 0 radical (unpaired) electrons. The van der Waals surface area contributed by atoms with Gasteiger partial charge in [0.05, 0.1) is 24.6 Å². The second-order valence-corrected chi connectivity index (χ2v) is 9.49. The van der Waals surface area contributed by atoms with E-state index in [4.69, 9.17) is 25.6 Å². The third-order valence-corrected chi connectivity index (χ3v) is 6.83. The van der Waals surface area contributed by atoms with Crippen molar-refractivity contribution < 1.29 is 23.6 Å². The van der Waals surface area contributed by atoms with Crippen molar-refractivity contribution in [1.82, 2.24) is 5.16 Å². The zero-order chi connectivity index (χ0) is 27.2. The molecule has 4 rings (SSSR count). The summed E-state index contributed by atoms with van der Waals surface area (Å²) in [6.45, 7) is 7.60. The molecule has 196 valence electrons.